The molecule has 0 saturated carbocycles. The first-order valence-corrected chi connectivity index (χ1v) is 10.5. The Labute approximate surface area is 198 Å². The standard InChI is InChI=1S/C26H30O8/c1-26(2,3)34-25(28)17-11-18(27)15-12-19(29-4)20(30-5)13-16(15)23(17)14-9-21(31-6)24(33-8)22(10-14)32-7/h9-13,27H,1-8H3. The second kappa shape index (κ2) is 9.59. The molecule has 0 radical (unpaired) electrons. The van der Waals surface area contributed by atoms with Gasteiger partial charge in [0.1, 0.15) is 11.4 Å². The summed E-state index contributed by atoms with van der Waals surface area (Å²) in [6, 6.07) is 8.22. The number of phenolic OH excluding ortho intramolecular Hbond substituents is 1. The Morgan fingerprint density at radius 2 is 1.21 bits per heavy atom. The third kappa shape index (κ3) is 4.62. The summed E-state index contributed by atoms with van der Waals surface area (Å²) in [6.07, 6.45) is 0. The van der Waals surface area contributed by atoms with Gasteiger partial charge >= 0.3 is 5.97 Å². The Hall–Kier alpha value is -3.81. The molecule has 0 aliphatic heterocycles. The van der Waals surface area contributed by atoms with Crippen LogP contribution in [0, 0.1) is 0 Å². The molecule has 0 spiro atoms. The van der Waals surface area contributed by atoms with Crippen molar-refractivity contribution in [3.63, 3.8) is 0 Å². The average molecular weight is 471 g/mol. The molecule has 182 valence electrons. The lowest BCUT2D eigenvalue weighted by atomic mass is 9.91. The summed E-state index contributed by atoms with van der Waals surface area (Å²) in [6.45, 7) is 5.33. The van der Waals surface area contributed by atoms with Crippen molar-refractivity contribution in [1.29, 1.82) is 0 Å². The normalized spacial score (nSPS) is 11.2. The van der Waals surface area contributed by atoms with E-state index in [4.69, 9.17) is 28.4 Å². The molecule has 0 aliphatic rings. The van der Waals surface area contributed by atoms with Gasteiger partial charge in [-0.15, -0.1) is 0 Å². The molecule has 1 N–H and O–H groups in total. The van der Waals surface area contributed by atoms with Gasteiger partial charge in [0, 0.05) is 10.9 Å². The van der Waals surface area contributed by atoms with E-state index in [2.05, 4.69) is 0 Å². The first-order valence-electron chi connectivity index (χ1n) is 10.5. The maximum absolute atomic E-state index is 13.3. The fourth-order valence-corrected chi connectivity index (χ4v) is 3.76. The van der Waals surface area contributed by atoms with E-state index in [0.717, 1.165) is 0 Å². The minimum absolute atomic E-state index is 0.104. The number of hydrogen-bond acceptors (Lipinski definition) is 8. The zero-order chi connectivity index (χ0) is 25.2. The summed E-state index contributed by atoms with van der Waals surface area (Å²) in [5.74, 6) is 1.41. The van der Waals surface area contributed by atoms with Crippen LogP contribution >= 0.6 is 0 Å². The number of fused-ring (bicyclic) bond motifs is 1. The Bertz CT molecular complexity index is 1200. The van der Waals surface area contributed by atoms with Crippen molar-refractivity contribution >= 4 is 16.7 Å². The Kier molecular flexibility index (Phi) is 7.00. The summed E-state index contributed by atoms with van der Waals surface area (Å²) < 4.78 is 33.0. The quantitative estimate of drug-likeness (QED) is 0.471. The van der Waals surface area contributed by atoms with Crippen LogP contribution < -0.4 is 23.7 Å². The van der Waals surface area contributed by atoms with Gasteiger partial charge in [-0.3, -0.25) is 0 Å². The number of hydrogen-bond donors (Lipinski definition) is 1. The zero-order valence-electron chi connectivity index (χ0n) is 20.7. The van der Waals surface area contributed by atoms with Crippen molar-refractivity contribution in [3.05, 3.63) is 35.9 Å². The molecule has 0 saturated heterocycles. The summed E-state index contributed by atoms with van der Waals surface area (Å²) in [4.78, 5) is 13.3. The van der Waals surface area contributed by atoms with Crippen LogP contribution in [0.5, 0.6) is 34.5 Å². The maximum Gasteiger partial charge on any atom is 0.339 e. The lowest BCUT2D eigenvalue weighted by Crippen LogP contribution is -2.24. The molecule has 0 aromatic heterocycles. The van der Waals surface area contributed by atoms with E-state index in [1.165, 1.54) is 41.6 Å². The van der Waals surface area contributed by atoms with Crippen LogP contribution in [0.15, 0.2) is 30.3 Å². The highest BCUT2D eigenvalue weighted by Crippen LogP contribution is 2.47. The highest BCUT2D eigenvalue weighted by molar-refractivity contribution is 6.11. The molecule has 0 unspecified atom stereocenters. The second-order valence-electron chi connectivity index (χ2n) is 8.49. The Morgan fingerprint density at radius 1 is 0.706 bits per heavy atom. The molecule has 3 aromatic carbocycles. The number of ether oxygens (including phenoxy) is 6. The van der Waals surface area contributed by atoms with Crippen LogP contribution in [0.4, 0.5) is 0 Å². The second-order valence-corrected chi connectivity index (χ2v) is 8.49. The average Bonchev–Trinajstić information content (AvgIpc) is 2.80. The van der Waals surface area contributed by atoms with Crippen LogP contribution in [-0.2, 0) is 4.74 Å². The van der Waals surface area contributed by atoms with Gasteiger partial charge in [0.25, 0.3) is 0 Å². The number of aromatic hydroxyl groups is 1. The highest BCUT2D eigenvalue weighted by Gasteiger charge is 2.27. The number of carbonyl (C=O) groups is 1. The number of phenols is 1. The molecule has 3 rings (SSSR count). The third-order valence-corrected chi connectivity index (χ3v) is 5.19. The predicted molar refractivity (Wildman–Crippen MR) is 129 cm³/mol. The fourth-order valence-electron chi connectivity index (χ4n) is 3.76. The van der Waals surface area contributed by atoms with Crippen molar-refractivity contribution in [2.75, 3.05) is 35.5 Å². The molecular formula is C26H30O8. The molecule has 0 amide bonds. The Morgan fingerprint density at radius 3 is 1.65 bits per heavy atom. The van der Waals surface area contributed by atoms with E-state index in [1.807, 2.05) is 0 Å². The van der Waals surface area contributed by atoms with Gasteiger partial charge < -0.3 is 33.5 Å². The van der Waals surface area contributed by atoms with E-state index in [0.29, 0.717) is 50.6 Å². The SMILES string of the molecule is COc1cc2c(O)cc(C(=O)OC(C)(C)C)c(-c3cc(OC)c(OC)c(OC)c3)c2cc1OC. The first-order chi connectivity index (χ1) is 16.1. The summed E-state index contributed by atoms with van der Waals surface area (Å²) in [5.41, 5.74) is 0.516. The van der Waals surface area contributed by atoms with Crippen molar-refractivity contribution < 1.29 is 38.3 Å². The minimum atomic E-state index is -0.744. The number of esters is 1. The minimum Gasteiger partial charge on any atom is -0.507 e. The van der Waals surface area contributed by atoms with Crippen LogP contribution in [0.2, 0.25) is 0 Å². The molecular weight excluding hydrogens is 440 g/mol. The van der Waals surface area contributed by atoms with E-state index >= 15 is 0 Å². The predicted octanol–water partition coefficient (Wildman–Crippen LogP) is 5.21. The largest absolute Gasteiger partial charge is 0.507 e. The molecule has 8 nitrogen and oxygen atoms in total. The third-order valence-electron chi connectivity index (χ3n) is 5.19. The highest BCUT2D eigenvalue weighted by atomic mass is 16.6. The van der Waals surface area contributed by atoms with E-state index in [9.17, 15) is 9.90 Å². The fraction of sp³-hybridized carbons (Fsp3) is 0.346. The van der Waals surface area contributed by atoms with E-state index < -0.39 is 11.6 Å². The van der Waals surface area contributed by atoms with Crippen molar-refractivity contribution in [2.45, 2.75) is 26.4 Å². The van der Waals surface area contributed by atoms with Gasteiger partial charge in [-0.1, -0.05) is 0 Å². The molecule has 34 heavy (non-hydrogen) atoms. The van der Waals surface area contributed by atoms with Gasteiger partial charge in [0.15, 0.2) is 23.0 Å². The van der Waals surface area contributed by atoms with Crippen molar-refractivity contribution in [2.24, 2.45) is 0 Å². The number of methoxy groups -OCH3 is 5. The van der Waals surface area contributed by atoms with Gasteiger partial charge in [-0.05, 0) is 62.1 Å². The summed E-state index contributed by atoms with van der Waals surface area (Å²) in [5, 5.41) is 11.9. The van der Waals surface area contributed by atoms with Crippen LogP contribution in [-0.4, -0.2) is 52.2 Å². The molecule has 0 atom stereocenters. The van der Waals surface area contributed by atoms with Crippen molar-refractivity contribution in [3.8, 4) is 45.6 Å². The molecule has 0 bridgehead atoms. The summed E-state index contributed by atoms with van der Waals surface area (Å²) in [7, 11) is 7.56. The molecule has 0 aliphatic carbocycles. The zero-order valence-corrected chi connectivity index (χ0v) is 20.7. The molecule has 0 heterocycles. The molecule has 0 fully saturated rings. The van der Waals surface area contributed by atoms with E-state index in [1.54, 1.807) is 45.0 Å². The lowest BCUT2D eigenvalue weighted by Gasteiger charge is -2.23. The monoisotopic (exact) mass is 470 g/mol. The molecule has 3 aromatic rings. The lowest BCUT2D eigenvalue weighted by molar-refractivity contribution is 0.00702. The smallest absolute Gasteiger partial charge is 0.339 e. The van der Waals surface area contributed by atoms with Gasteiger partial charge in [-0.2, -0.15) is 0 Å². The first kappa shape index (κ1) is 24.8. The maximum atomic E-state index is 13.3. The van der Waals surface area contributed by atoms with Crippen LogP contribution in [0.1, 0.15) is 31.1 Å². The van der Waals surface area contributed by atoms with E-state index in [-0.39, 0.29) is 11.3 Å². The summed E-state index contributed by atoms with van der Waals surface area (Å²) >= 11 is 0. The number of carbonyl (C=O) groups excluding carboxylic acids is 1. The molecule has 8 heteroatoms. The topological polar surface area (TPSA) is 92.7 Å². The number of benzene rings is 3. The number of rotatable bonds is 7. The van der Waals surface area contributed by atoms with Gasteiger partial charge in [0.2, 0.25) is 5.75 Å². The van der Waals surface area contributed by atoms with Gasteiger partial charge in [-0.25, -0.2) is 4.79 Å². The van der Waals surface area contributed by atoms with Crippen molar-refractivity contribution in [1.82, 2.24) is 0 Å². The Balaban J connectivity index is 2.48. The van der Waals surface area contributed by atoms with Gasteiger partial charge in [0.05, 0.1) is 41.1 Å². The van der Waals surface area contributed by atoms with Crippen LogP contribution in [0.25, 0.3) is 21.9 Å². The van der Waals surface area contributed by atoms with Crippen LogP contribution in [0.3, 0.4) is 0 Å².